The highest BCUT2D eigenvalue weighted by Crippen LogP contribution is 2.27. The second kappa shape index (κ2) is 5.35. The minimum Gasteiger partial charge on any atom is -0.314 e. The van der Waals surface area contributed by atoms with Crippen LogP contribution in [0.1, 0.15) is 11.6 Å². The summed E-state index contributed by atoms with van der Waals surface area (Å²) >= 11 is 0. The van der Waals surface area contributed by atoms with E-state index in [9.17, 15) is 5.26 Å². The Kier molecular flexibility index (Phi) is 3.41. The van der Waals surface area contributed by atoms with Gasteiger partial charge < -0.3 is 5.32 Å². The third-order valence-electron chi connectivity index (χ3n) is 3.63. The van der Waals surface area contributed by atoms with Crippen LogP contribution in [0.15, 0.2) is 36.7 Å². The second-order valence-electron chi connectivity index (χ2n) is 4.77. The lowest BCUT2D eigenvalue weighted by Crippen LogP contribution is -2.44. The van der Waals surface area contributed by atoms with Crippen molar-refractivity contribution in [3.05, 3.63) is 42.2 Å². The first-order valence-electron chi connectivity index (χ1n) is 6.57. The van der Waals surface area contributed by atoms with Gasteiger partial charge in [-0.05, 0) is 5.39 Å². The number of nitrogens with one attached hydrogen (secondary N) is 1. The molecule has 4 heteroatoms. The molecule has 1 aromatic carbocycles. The fraction of sp³-hybridized carbons (Fsp3) is 0.333. The normalized spacial score (nSPS) is 18.1. The van der Waals surface area contributed by atoms with Crippen LogP contribution >= 0.6 is 0 Å². The summed E-state index contributed by atoms with van der Waals surface area (Å²) in [7, 11) is 0. The van der Waals surface area contributed by atoms with Crippen LogP contribution < -0.4 is 5.32 Å². The molecular weight excluding hydrogens is 236 g/mol. The third kappa shape index (κ3) is 2.30. The quantitative estimate of drug-likeness (QED) is 0.884. The Labute approximate surface area is 112 Å². The molecule has 1 N–H and O–H groups in total. The molecule has 1 saturated heterocycles. The van der Waals surface area contributed by atoms with E-state index in [0.29, 0.717) is 0 Å². The zero-order valence-electron chi connectivity index (χ0n) is 10.7. The summed E-state index contributed by atoms with van der Waals surface area (Å²) in [5, 5.41) is 15.1. The number of pyridine rings is 1. The predicted octanol–water partition coefficient (Wildman–Crippen LogP) is 1.70. The number of hydrogen-bond donors (Lipinski definition) is 1. The number of nitrogens with zero attached hydrogens (tertiary/aromatic N) is 3. The molecule has 0 saturated carbocycles. The van der Waals surface area contributed by atoms with E-state index in [4.69, 9.17) is 0 Å². The van der Waals surface area contributed by atoms with E-state index in [1.54, 1.807) is 0 Å². The first-order valence-corrected chi connectivity index (χ1v) is 6.57. The lowest BCUT2D eigenvalue weighted by molar-refractivity contribution is 0.208. The molecule has 0 aliphatic carbocycles. The molecule has 1 aliphatic heterocycles. The number of rotatable bonds is 2. The van der Waals surface area contributed by atoms with E-state index in [1.165, 1.54) is 0 Å². The van der Waals surface area contributed by atoms with Crippen LogP contribution in [0, 0.1) is 11.3 Å². The Morgan fingerprint density at radius 2 is 2.00 bits per heavy atom. The van der Waals surface area contributed by atoms with Crippen molar-refractivity contribution in [2.24, 2.45) is 0 Å². The molecule has 4 nitrogen and oxygen atoms in total. The third-order valence-corrected chi connectivity index (χ3v) is 3.63. The fourth-order valence-electron chi connectivity index (χ4n) is 2.65. The summed E-state index contributed by atoms with van der Waals surface area (Å²) in [5.41, 5.74) is 1.02. The molecule has 19 heavy (non-hydrogen) atoms. The molecule has 0 amide bonds. The number of hydrogen-bond acceptors (Lipinski definition) is 4. The fourth-order valence-corrected chi connectivity index (χ4v) is 2.65. The zero-order chi connectivity index (χ0) is 13.1. The molecule has 0 spiro atoms. The minimum absolute atomic E-state index is 0.208. The van der Waals surface area contributed by atoms with E-state index in [1.807, 2.05) is 30.6 Å². The van der Waals surface area contributed by atoms with Crippen molar-refractivity contribution >= 4 is 10.8 Å². The number of piperazine rings is 1. The van der Waals surface area contributed by atoms with Gasteiger partial charge in [0.2, 0.25) is 0 Å². The van der Waals surface area contributed by atoms with Crippen LogP contribution in [0.5, 0.6) is 0 Å². The standard InChI is InChI=1S/C15H16N4/c16-9-15(19-7-5-17-6-8-19)14-11-18-10-12-3-1-2-4-13(12)14/h1-4,10-11,15,17H,5-8H2. The van der Waals surface area contributed by atoms with Crippen LogP contribution in [0.2, 0.25) is 0 Å². The Bertz CT molecular complexity index is 606. The average molecular weight is 252 g/mol. The summed E-state index contributed by atoms with van der Waals surface area (Å²) in [4.78, 5) is 6.51. The molecule has 2 aromatic rings. The maximum atomic E-state index is 9.55. The van der Waals surface area contributed by atoms with Crippen molar-refractivity contribution in [3.8, 4) is 6.07 Å². The first-order chi connectivity index (χ1) is 9.40. The SMILES string of the molecule is N#CC(c1cncc2ccccc12)N1CCNCC1. The van der Waals surface area contributed by atoms with Crippen molar-refractivity contribution in [3.63, 3.8) is 0 Å². The van der Waals surface area contributed by atoms with Gasteiger partial charge in [-0.2, -0.15) is 5.26 Å². The van der Waals surface area contributed by atoms with Crippen LogP contribution in [0.4, 0.5) is 0 Å². The molecule has 0 radical (unpaired) electrons. The summed E-state index contributed by atoms with van der Waals surface area (Å²) in [6.07, 6.45) is 3.68. The monoisotopic (exact) mass is 252 g/mol. The Hall–Kier alpha value is -1.96. The smallest absolute Gasteiger partial charge is 0.126 e. The largest absolute Gasteiger partial charge is 0.314 e. The summed E-state index contributed by atoms with van der Waals surface area (Å²) in [5.74, 6) is 0. The number of benzene rings is 1. The Morgan fingerprint density at radius 1 is 1.21 bits per heavy atom. The lowest BCUT2D eigenvalue weighted by Gasteiger charge is -2.31. The molecular formula is C15H16N4. The summed E-state index contributed by atoms with van der Waals surface area (Å²) < 4.78 is 0. The van der Waals surface area contributed by atoms with Gasteiger partial charge in [-0.1, -0.05) is 24.3 Å². The van der Waals surface area contributed by atoms with Gasteiger partial charge in [-0.15, -0.1) is 0 Å². The maximum Gasteiger partial charge on any atom is 0.126 e. The lowest BCUT2D eigenvalue weighted by atomic mass is 10.0. The number of fused-ring (bicyclic) bond motifs is 1. The molecule has 96 valence electrons. The number of aromatic nitrogens is 1. The first kappa shape index (κ1) is 12.1. The molecule has 1 aromatic heterocycles. The van der Waals surface area contributed by atoms with Gasteiger partial charge in [0, 0.05) is 49.5 Å². The van der Waals surface area contributed by atoms with Crippen molar-refractivity contribution in [2.75, 3.05) is 26.2 Å². The van der Waals surface area contributed by atoms with Gasteiger partial charge in [-0.25, -0.2) is 0 Å². The molecule has 3 rings (SSSR count). The summed E-state index contributed by atoms with van der Waals surface area (Å²) in [6.45, 7) is 3.69. The highest BCUT2D eigenvalue weighted by molar-refractivity contribution is 5.85. The zero-order valence-corrected chi connectivity index (χ0v) is 10.7. The van der Waals surface area contributed by atoms with Gasteiger partial charge in [0.25, 0.3) is 0 Å². The topological polar surface area (TPSA) is 52.0 Å². The van der Waals surface area contributed by atoms with Crippen molar-refractivity contribution in [1.82, 2.24) is 15.2 Å². The van der Waals surface area contributed by atoms with Gasteiger partial charge in [0.15, 0.2) is 0 Å². The van der Waals surface area contributed by atoms with Gasteiger partial charge in [0.05, 0.1) is 6.07 Å². The van der Waals surface area contributed by atoms with Crippen LogP contribution in [-0.2, 0) is 0 Å². The Balaban J connectivity index is 2.04. The highest BCUT2D eigenvalue weighted by atomic mass is 15.2. The van der Waals surface area contributed by atoms with E-state index >= 15 is 0 Å². The molecule has 2 heterocycles. The predicted molar refractivity (Wildman–Crippen MR) is 74.5 cm³/mol. The van der Waals surface area contributed by atoms with E-state index in [2.05, 4.69) is 27.3 Å². The van der Waals surface area contributed by atoms with E-state index < -0.39 is 0 Å². The van der Waals surface area contributed by atoms with Crippen LogP contribution in [0.3, 0.4) is 0 Å². The minimum atomic E-state index is -0.208. The molecule has 1 aliphatic rings. The van der Waals surface area contributed by atoms with E-state index in [0.717, 1.165) is 42.5 Å². The molecule has 1 fully saturated rings. The number of nitriles is 1. The van der Waals surface area contributed by atoms with E-state index in [-0.39, 0.29) is 6.04 Å². The maximum absolute atomic E-state index is 9.55. The van der Waals surface area contributed by atoms with Crippen molar-refractivity contribution < 1.29 is 0 Å². The Morgan fingerprint density at radius 3 is 2.79 bits per heavy atom. The highest BCUT2D eigenvalue weighted by Gasteiger charge is 2.23. The van der Waals surface area contributed by atoms with Crippen LogP contribution in [-0.4, -0.2) is 36.1 Å². The van der Waals surface area contributed by atoms with Crippen molar-refractivity contribution in [1.29, 1.82) is 5.26 Å². The van der Waals surface area contributed by atoms with Gasteiger partial charge >= 0.3 is 0 Å². The molecule has 0 bridgehead atoms. The summed E-state index contributed by atoms with van der Waals surface area (Å²) in [6, 6.07) is 10.4. The van der Waals surface area contributed by atoms with Crippen molar-refractivity contribution in [2.45, 2.75) is 6.04 Å². The molecule has 1 atom stereocenters. The van der Waals surface area contributed by atoms with Gasteiger partial charge in [-0.3, -0.25) is 9.88 Å². The van der Waals surface area contributed by atoms with Crippen LogP contribution in [0.25, 0.3) is 10.8 Å². The second-order valence-corrected chi connectivity index (χ2v) is 4.77. The molecule has 1 unspecified atom stereocenters. The van der Waals surface area contributed by atoms with Gasteiger partial charge in [0.1, 0.15) is 6.04 Å². The average Bonchev–Trinajstić information content (AvgIpc) is 2.49.